The zero-order chi connectivity index (χ0) is 10.9. The fourth-order valence-electron chi connectivity index (χ4n) is 1.69. The van der Waals surface area contributed by atoms with Gasteiger partial charge in [-0.3, -0.25) is 4.79 Å². The van der Waals surface area contributed by atoms with Crippen molar-refractivity contribution in [1.82, 2.24) is 0 Å². The first-order valence-corrected chi connectivity index (χ1v) is 4.99. The van der Waals surface area contributed by atoms with Crippen molar-refractivity contribution in [3.8, 4) is 0 Å². The summed E-state index contributed by atoms with van der Waals surface area (Å²) in [5, 5.41) is 0.614. The highest BCUT2D eigenvalue weighted by Crippen LogP contribution is 2.34. The normalized spacial score (nSPS) is 18.0. The van der Waals surface area contributed by atoms with Gasteiger partial charge in [-0.15, -0.1) is 0 Å². The van der Waals surface area contributed by atoms with Gasteiger partial charge in [0.15, 0.2) is 0 Å². The van der Waals surface area contributed by atoms with Gasteiger partial charge in [-0.25, -0.2) is 0 Å². The van der Waals surface area contributed by atoms with Crippen molar-refractivity contribution in [2.24, 2.45) is 0 Å². The molecule has 80 valence electrons. The van der Waals surface area contributed by atoms with Gasteiger partial charge in [0, 0.05) is 5.02 Å². The number of ether oxygens (including phenoxy) is 2. The molecule has 0 amide bonds. The van der Waals surface area contributed by atoms with Gasteiger partial charge in [0.05, 0.1) is 20.3 Å². The molecule has 1 saturated heterocycles. The van der Waals surface area contributed by atoms with Crippen molar-refractivity contribution in [2.75, 3.05) is 20.3 Å². The van der Waals surface area contributed by atoms with Gasteiger partial charge in [0.2, 0.25) is 0 Å². The monoisotopic (exact) mass is 226 g/mol. The predicted molar refractivity (Wildman–Crippen MR) is 56.0 cm³/mol. The Hall–Kier alpha value is -1.06. The molecular weight excluding hydrogens is 216 g/mol. The number of halogens is 1. The van der Waals surface area contributed by atoms with Crippen molar-refractivity contribution in [2.45, 2.75) is 5.41 Å². The number of benzene rings is 1. The van der Waals surface area contributed by atoms with Gasteiger partial charge < -0.3 is 9.47 Å². The van der Waals surface area contributed by atoms with Crippen molar-refractivity contribution in [1.29, 1.82) is 0 Å². The third-order valence-corrected chi connectivity index (χ3v) is 2.89. The van der Waals surface area contributed by atoms with Crippen LogP contribution in [-0.4, -0.2) is 26.3 Å². The number of methoxy groups -OCH3 is 1. The highest BCUT2D eigenvalue weighted by molar-refractivity contribution is 6.30. The average molecular weight is 227 g/mol. The molecule has 0 saturated carbocycles. The number of carbonyl (C=O) groups excluding carboxylic acids is 1. The maximum atomic E-state index is 11.7. The van der Waals surface area contributed by atoms with Gasteiger partial charge in [0.25, 0.3) is 0 Å². The summed E-state index contributed by atoms with van der Waals surface area (Å²) in [5.41, 5.74) is 0.202. The molecule has 1 fully saturated rings. The average Bonchev–Trinajstić information content (AvgIpc) is 2.16. The maximum absolute atomic E-state index is 11.7. The number of carbonyl (C=O) groups is 1. The van der Waals surface area contributed by atoms with Crippen LogP contribution < -0.4 is 0 Å². The molecule has 1 heterocycles. The van der Waals surface area contributed by atoms with E-state index in [-0.39, 0.29) is 5.97 Å². The second-order valence-corrected chi connectivity index (χ2v) is 4.01. The molecule has 4 heteroatoms. The molecule has 1 aliphatic heterocycles. The Kier molecular flexibility index (Phi) is 2.67. The molecule has 0 bridgehead atoms. The van der Waals surface area contributed by atoms with Gasteiger partial charge in [-0.2, -0.15) is 0 Å². The third kappa shape index (κ3) is 1.62. The van der Waals surface area contributed by atoms with Crippen LogP contribution in [-0.2, 0) is 19.7 Å². The van der Waals surface area contributed by atoms with Crippen LogP contribution in [0.5, 0.6) is 0 Å². The minimum Gasteiger partial charge on any atom is -0.468 e. The van der Waals surface area contributed by atoms with E-state index in [0.717, 1.165) is 5.56 Å². The van der Waals surface area contributed by atoms with Gasteiger partial charge in [-0.05, 0) is 17.7 Å². The fraction of sp³-hybridized carbons (Fsp3) is 0.364. The van der Waals surface area contributed by atoms with E-state index in [1.165, 1.54) is 7.11 Å². The summed E-state index contributed by atoms with van der Waals surface area (Å²) in [7, 11) is 1.38. The lowest BCUT2D eigenvalue weighted by atomic mass is 9.79. The van der Waals surface area contributed by atoms with E-state index in [1.54, 1.807) is 12.1 Å². The van der Waals surface area contributed by atoms with E-state index in [2.05, 4.69) is 0 Å². The van der Waals surface area contributed by atoms with Gasteiger partial charge in [0.1, 0.15) is 5.41 Å². The number of hydrogen-bond donors (Lipinski definition) is 0. The lowest BCUT2D eigenvalue weighted by molar-refractivity contribution is -0.166. The SMILES string of the molecule is COC(=O)C1(c2cccc(Cl)c2)COC1. The van der Waals surface area contributed by atoms with Crippen LogP contribution in [0.25, 0.3) is 0 Å². The minimum atomic E-state index is -0.653. The second kappa shape index (κ2) is 3.83. The molecule has 15 heavy (non-hydrogen) atoms. The lowest BCUT2D eigenvalue weighted by Gasteiger charge is -2.38. The van der Waals surface area contributed by atoms with E-state index < -0.39 is 5.41 Å². The van der Waals surface area contributed by atoms with E-state index >= 15 is 0 Å². The second-order valence-electron chi connectivity index (χ2n) is 3.58. The maximum Gasteiger partial charge on any atom is 0.321 e. The summed E-state index contributed by atoms with van der Waals surface area (Å²) >= 11 is 5.89. The first-order valence-electron chi connectivity index (χ1n) is 4.61. The number of rotatable bonds is 2. The predicted octanol–water partition coefficient (Wildman–Crippen LogP) is 1.78. The Morgan fingerprint density at radius 1 is 1.53 bits per heavy atom. The molecule has 0 atom stereocenters. The van der Waals surface area contributed by atoms with E-state index in [1.807, 2.05) is 12.1 Å². The van der Waals surface area contributed by atoms with Crippen LogP contribution in [0.2, 0.25) is 5.02 Å². The topological polar surface area (TPSA) is 35.5 Å². The quantitative estimate of drug-likeness (QED) is 0.722. The lowest BCUT2D eigenvalue weighted by Crippen LogP contribution is -2.53. The van der Waals surface area contributed by atoms with Gasteiger partial charge in [-0.1, -0.05) is 23.7 Å². The molecule has 0 aliphatic carbocycles. The van der Waals surface area contributed by atoms with Crippen molar-refractivity contribution >= 4 is 17.6 Å². The van der Waals surface area contributed by atoms with E-state index in [9.17, 15) is 4.79 Å². The molecule has 1 aromatic rings. The summed E-state index contributed by atoms with van der Waals surface area (Å²) in [6.45, 7) is 0.722. The van der Waals surface area contributed by atoms with Crippen LogP contribution in [0.3, 0.4) is 0 Å². The van der Waals surface area contributed by atoms with E-state index in [4.69, 9.17) is 21.1 Å². The van der Waals surface area contributed by atoms with Crippen molar-refractivity contribution in [3.05, 3.63) is 34.9 Å². The smallest absolute Gasteiger partial charge is 0.321 e. The fourth-order valence-corrected chi connectivity index (χ4v) is 1.88. The summed E-state index contributed by atoms with van der Waals surface area (Å²) in [6, 6.07) is 7.24. The van der Waals surface area contributed by atoms with Gasteiger partial charge >= 0.3 is 5.97 Å². The summed E-state index contributed by atoms with van der Waals surface area (Å²) in [6.07, 6.45) is 0. The molecule has 2 rings (SSSR count). The molecule has 1 aliphatic rings. The summed E-state index contributed by atoms with van der Waals surface area (Å²) < 4.78 is 9.90. The van der Waals surface area contributed by atoms with Crippen LogP contribution >= 0.6 is 11.6 Å². The largest absolute Gasteiger partial charge is 0.468 e. The molecule has 1 aromatic carbocycles. The Morgan fingerprint density at radius 2 is 2.27 bits per heavy atom. The standard InChI is InChI=1S/C11H11ClO3/c1-14-10(13)11(6-15-7-11)8-3-2-4-9(12)5-8/h2-5H,6-7H2,1H3. The van der Waals surface area contributed by atoms with Crippen LogP contribution in [0, 0.1) is 0 Å². The molecule has 0 spiro atoms. The van der Waals surface area contributed by atoms with Crippen LogP contribution in [0.1, 0.15) is 5.56 Å². The molecule has 0 N–H and O–H groups in total. The Labute approximate surface area is 92.9 Å². The summed E-state index contributed by atoms with van der Waals surface area (Å²) in [5.74, 6) is -0.268. The van der Waals surface area contributed by atoms with Crippen molar-refractivity contribution in [3.63, 3.8) is 0 Å². The highest BCUT2D eigenvalue weighted by Gasteiger charge is 2.48. The zero-order valence-electron chi connectivity index (χ0n) is 8.33. The first-order chi connectivity index (χ1) is 7.19. The number of esters is 1. The van der Waals surface area contributed by atoms with Crippen LogP contribution in [0.4, 0.5) is 0 Å². The minimum absolute atomic E-state index is 0.268. The molecule has 3 nitrogen and oxygen atoms in total. The Bertz CT molecular complexity index is 385. The summed E-state index contributed by atoms with van der Waals surface area (Å²) in [4.78, 5) is 11.7. The van der Waals surface area contributed by atoms with Crippen LogP contribution in [0.15, 0.2) is 24.3 Å². The molecule has 0 aromatic heterocycles. The number of hydrogen-bond acceptors (Lipinski definition) is 3. The zero-order valence-corrected chi connectivity index (χ0v) is 9.08. The third-order valence-electron chi connectivity index (χ3n) is 2.65. The Morgan fingerprint density at radius 3 is 2.73 bits per heavy atom. The first kappa shape index (κ1) is 10.5. The molecule has 0 radical (unpaired) electrons. The molecule has 0 unspecified atom stereocenters. The van der Waals surface area contributed by atoms with E-state index in [0.29, 0.717) is 18.2 Å². The molecular formula is C11H11ClO3. The highest BCUT2D eigenvalue weighted by atomic mass is 35.5. The Balaban J connectivity index is 2.38. The van der Waals surface area contributed by atoms with Crippen molar-refractivity contribution < 1.29 is 14.3 Å².